The van der Waals surface area contributed by atoms with Gasteiger partial charge in [0.25, 0.3) is 5.22 Å². The molecule has 0 bridgehead atoms. The van der Waals surface area contributed by atoms with Crippen LogP contribution >= 0.6 is 23.4 Å². The first-order chi connectivity index (χ1) is 15.3. The van der Waals surface area contributed by atoms with Crippen LogP contribution in [0, 0.1) is 0 Å². The summed E-state index contributed by atoms with van der Waals surface area (Å²) in [6, 6.07) is 12.1. The van der Waals surface area contributed by atoms with E-state index in [1.54, 1.807) is 27.0 Å². The highest BCUT2D eigenvalue weighted by Gasteiger charge is 2.15. The van der Waals surface area contributed by atoms with Crippen LogP contribution in [0.1, 0.15) is 35.7 Å². The molecule has 0 saturated carbocycles. The van der Waals surface area contributed by atoms with Gasteiger partial charge in [-0.15, -0.1) is 10.2 Å². The number of methoxy groups -OCH3 is 1. The highest BCUT2D eigenvalue weighted by Crippen LogP contribution is 2.25. The summed E-state index contributed by atoms with van der Waals surface area (Å²) in [5.74, 6) is 0.417. The van der Waals surface area contributed by atoms with Crippen molar-refractivity contribution in [3.05, 3.63) is 64.5 Å². The molecule has 0 spiro atoms. The lowest BCUT2D eigenvalue weighted by molar-refractivity contribution is -0.113. The minimum absolute atomic E-state index is 0.0289. The van der Waals surface area contributed by atoms with Crippen LogP contribution in [-0.2, 0) is 16.0 Å². The van der Waals surface area contributed by atoms with Crippen molar-refractivity contribution in [2.75, 3.05) is 18.2 Å². The Labute approximate surface area is 194 Å². The van der Waals surface area contributed by atoms with Crippen LogP contribution in [0.3, 0.4) is 0 Å². The number of esters is 1. The predicted molar refractivity (Wildman–Crippen MR) is 121 cm³/mol. The van der Waals surface area contributed by atoms with Gasteiger partial charge in [0, 0.05) is 0 Å². The van der Waals surface area contributed by atoms with Crippen molar-refractivity contribution in [2.45, 2.75) is 31.6 Å². The molecular formula is C22H22ClN3O5S. The number of thioether (sulfide) groups is 1. The Kier molecular flexibility index (Phi) is 8.13. The van der Waals surface area contributed by atoms with Crippen molar-refractivity contribution in [1.82, 2.24) is 10.2 Å². The van der Waals surface area contributed by atoms with E-state index >= 15 is 0 Å². The van der Waals surface area contributed by atoms with Crippen molar-refractivity contribution < 1.29 is 23.5 Å². The van der Waals surface area contributed by atoms with E-state index in [0.29, 0.717) is 28.6 Å². The molecule has 0 aliphatic heterocycles. The molecule has 3 rings (SSSR count). The van der Waals surface area contributed by atoms with Crippen LogP contribution in [0.4, 0.5) is 5.69 Å². The van der Waals surface area contributed by atoms with Crippen molar-refractivity contribution in [3.8, 4) is 5.75 Å². The third-order valence-corrected chi connectivity index (χ3v) is 5.26. The Bertz CT molecular complexity index is 1090. The van der Waals surface area contributed by atoms with Crippen molar-refractivity contribution >= 4 is 40.9 Å². The predicted octanol–water partition coefficient (Wildman–Crippen LogP) is 4.62. The summed E-state index contributed by atoms with van der Waals surface area (Å²) in [7, 11) is 1.61. The standard InChI is InChI=1S/C22H22ClN3O5S/c1-13(2)30-21(28)15-6-9-17(23)18(11-15)24-19(27)12-32-22-26-25-20(31-22)10-14-4-7-16(29-3)8-5-14/h4-9,11,13H,10,12H2,1-3H3,(H,24,27). The molecule has 0 unspecified atom stereocenters. The van der Waals surface area contributed by atoms with Crippen molar-refractivity contribution in [1.29, 1.82) is 0 Å². The number of hydrogen-bond donors (Lipinski definition) is 1. The highest BCUT2D eigenvalue weighted by molar-refractivity contribution is 7.99. The molecule has 1 amide bonds. The second-order valence-electron chi connectivity index (χ2n) is 6.97. The molecule has 0 saturated heterocycles. The van der Waals surface area contributed by atoms with Gasteiger partial charge in [-0.25, -0.2) is 4.79 Å². The largest absolute Gasteiger partial charge is 0.497 e. The fourth-order valence-corrected chi connectivity index (χ4v) is 3.37. The molecule has 1 aromatic heterocycles. The average molecular weight is 476 g/mol. The van der Waals surface area contributed by atoms with Crippen molar-refractivity contribution in [3.63, 3.8) is 0 Å². The number of carbonyl (C=O) groups is 2. The van der Waals surface area contributed by atoms with Gasteiger partial charge in [-0.05, 0) is 49.7 Å². The Morgan fingerprint density at radius 1 is 1.16 bits per heavy atom. The molecule has 0 atom stereocenters. The lowest BCUT2D eigenvalue weighted by Crippen LogP contribution is -2.16. The Morgan fingerprint density at radius 2 is 1.91 bits per heavy atom. The van der Waals surface area contributed by atoms with E-state index in [9.17, 15) is 9.59 Å². The smallest absolute Gasteiger partial charge is 0.338 e. The topological polar surface area (TPSA) is 104 Å². The number of anilines is 1. The zero-order chi connectivity index (χ0) is 23.1. The Morgan fingerprint density at radius 3 is 2.59 bits per heavy atom. The van der Waals surface area contributed by atoms with Crippen LogP contribution in [-0.4, -0.2) is 41.0 Å². The normalized spacial score (nSPS) is 10.8. The summed E-state index contributed by atoms with van der Waals surface area (Å²) in [4.78, 5) is 24.4. The first-order valence-electron chi connectivity index (χ1n) is 9.72. The minimum atomic E-state index is -0.489. The maximum absolute atomic E-state index is 12.3. The number of aromatic nitrogens is 2. The zero-order valence-electron chi connectivity index (χ0n) is 17.8. The van der Waals surface area contributed by atoms with E-state index < -0.39 is 5.97 Å². The van der Waals surface area contributed by atoms with E-state index in [0.717, 1.165) is 23.1 Å². The molecule has 2 aromatic carbocycles. The van der Waals surface area contributed by atoms with Crippen LogP contribution in [0.2, 0.25) is 5.02 Å². The maximum atomic E-state index is 12.3. The molecule has 0 radical (unpaired) electrons. The molecule has 1 N–H and O–H groups in total. The molecule has 1 heterocycles. The fourth-order valence-electron chi connectivity index (χ4n) is 2.63. The molecule has 0 fully saturated rings. The van der Waals surface area contributed by atoms with Gasteiger partial charge in [-0.2, -0.15) is 0 Å². The van der Waals surface area contributed by atoms with Crippen LogP contribution < -0.4 is 10.1 Å². The molecule has 168 valence electrons. The van der Waals surface area contributed by atoms with E-state index in [1.165, 1.54) is 12.1 Å². The number of nitrogens with one attached hydrogen (secondary N) is 1. The second-order valence-corrected chi connectivity index (χ2v) is 8.31. The summed E-state index contributed by atoms with van der Waals surface area (Å²) < 4.78 is 15.9. The SMILES string of the molecule is COc1ccc(Cc2nnc(SCC(=O)Nc3cc(C(=O)OC(C)C)ccc3Cl)o2)cc1. The Balaban J connectivity index is 1.54. The number of nitrogens with zero attached hydrogens (tertiary/aromatic N) is 2. The van der Waals surface area contributed by atoms with Gasteiger partial charge in [0.05, 0.1) is 41.7 Å². The molecule has 0 aliphatic carbocycles. The van der Waals surface area contributed by atoms with Gasteiger partial charge >= 0.3 is 5.97 Å². The van der Waals surface area contributed by atoms with Gasteiger partial charge in [0.2, 0.25) is 11.8 Å². The lowest BCUT2D eigenvalue weighted by Gasteiger charge is -2.11. The van der Waals surface area contributed by atoms with Gasteiger partial charge in [0.15, 0.2) is 0 Å². The minimum Gasteiger partial charge on any atom is -0.497 e. The summed E-state index contributed by atoms with van der Waals surface area (Å²) in [5.41, 5.74) is 1.61. The number of halogens is 1. The summed E-state index contributed by atoms with van der Waals surface area (Å²) in [6.45, 7) is 3.52. The quantitative estimate of drug-likeness (QED) is 0.353. The highest BCUT2D eigenvalue weighted by atomic mass is 35.5. The van der Waals surface area contributed by atoms with Gasteiger partial charge in [0.1, 0.15) is 5.75 Å². The Hall–Kier alpha value is -3.04. The number of hydrogen-bond acceptors (Lipinski definition) is 8. The maximum Gasteiger partial charge on any atom is 0.338 e. The third-order valence-electron chi connectivity index (χ3n) is 4.11. The van der Waals surface area contributed by atoms with Gasteiger partial charge in [-0.1, -0.05) is 35.5 Å². The summed E-state index contributed by atoms with van der Waals surface area (Å²) in [6.07, 6.45) is 0.218. The van der Waals surface area contributed by atoms with E-state index in [4.69, 9.17) is 25.5 Å². The summed E-state index contributed by atoms with van der Waals surface area (Å²) in [5, 5.41) is 11.2. The number of benzene rings is 2. The van der Waals surface area contributed by atoms with E-state index in [2.05, 4.69) is 15.5 Å². The van der Waals surface area contributed by atoms with Crippen LogP contribution in [0.25, 0.3) is 0 Å². The van der Waals surface area contributed by atoms with Crippen LogP contribution in [0.5, 0.6) is 5.75 Å². The number of rotatable bonds is 9. The molecule has 8 nitrogen and oxygen atoms in total. The lowest BCUT2D eigenvalue weighted by atomic mass is 10.1. The molecule has 10 heteroatoms. The summed E-state index contributed by atoms with van der Waals surface area (Å²) >= 11 is 7.25. The first-order valence-corrected chi connectivity index (χ1v) is 11.1. The zero-order valence-corrected chi connectivity index (χ0v) is 19.3. The average Bonchev–Trinajstić information content (AvgIpc) is 3.21. The van der Waals surface area contributed by atoms with E-state index in [-0.39, 0.29) is 23.0 Å². The molecule has 32 heavy (non-hydrogen) atoms. The fraction of sp³-hybridized carbons (Fsp3) is 0.273. The van der Waals surface area contributed by atoms with E-state index in [1.807, 2.05) is 24.3 Å². The van der Waals surface area contributed by atoms with Gasteiger partial charge < -0.3 is 19.2 Å². The third kappa shape index (κ3) is 6.73. The number of carbonyl (C=O) groups excluding carboxylic acids is 2. The first kappa shape index (κ1) is 23.6. The monoisotopic (exact) mass is 475 g/mol. The molecule has 3 aromatic rings. The number of ether oxygens (including phenoxy) is 2. The van der Waals surface area contributed by atoms with Gasteiger partial charge in [-0.3, -0.25) is 4.79 Å². The second kappa shape index (κ2) is 11.0. The van der Waals surface area contributed by atoms with Crippen LogP contribution in [0.15, 0.2) is 52.1 Å². The number of amides is 1. The molecule has 0 aliphatic rings. The van der Waals surface area contributed by atoms with Crippen molar-refractivity contribution in [2.24, 2.45) is 0 Å². The molecular weight excluding hydrogens is 454 g/mol.